The summed E-state index contributed by atoms with van der Waals surface area (Å²) in [5, 5.41) is 9.20. The first-order valence-electron chi connectivity index (χ1n) is 8.53. The molecule has 2 aromatic rings. The molecular weight excluding hydrogens is 439 g/mol. The summed E-state index contributed by atoms with van der Waals surface area (Å²) in [4.78, 5) is 16.1. The van der Waals surface area contributed by atoms with Crippen molar-refractivity contribution >= 4 is 41.5 Å². The first-order valence-corrected chi connectivity index (χ1v) is 8.53. The number of anilines is 1. The minimum Gasteiger partial charge on any atom is -0.354 e. The number of nitrogens with one attached hydrogen (secondary N) is 3. The Morgan fingerprint density at radius 2 is 1.65 bits per heavy atom. The van der Waals surface area contributed by atoms with Crippen LogP contribution >= 0.6 is 24.0 Å². The van der Waals surface area contributed by atoms with Gasteiger partial charge in [0.2, 0.25) is 5.91 Å². The fraction of sp³-hybridized carbons (Fsp3) is 0.300. The number of rotatable bonds is 7. The van der Waals surface area contributed by atoms with E-state index in [0.29, 0.717) is 5.96 Å². The first kappa shape index (κ1) is 22.0. The summed E-state index contributed by atoms with van der Waals surface area (Å²) in [6, 6.07) is 20.1. The number of hydrogen-bond acceptors (Lipinski definition) is 2. The fourth-order valence-corrected chi connectivity index (χ4v) is 2.42. The normalized spacial score (nSPS) is 11.8. The second-order valence-corrected chi connectivity index (χ2v) is 5.91. The van der Waals surface area contributed by atoms with Crippen molar-refractivity contribution in [1.82, 2.24) is 10.6 Å². The maximum absolute atomic E-state index is 12.0. The largest absolute Gasteiger partial charge is 0.354 e. The van der Waals surface area contributed by atoms with Crippen molar-refractivity contribution in [3.63, 3.8) is 0 Å². The van der Waals surface area contributed by atoms with E-state index in [1.807, 2.05) is 36.4 Å². The van der Waals surface area contributed by atoms with Gasteiger partial charge in [-0.05, 0) is 37.5 Å². The fourth-order valence-electron chi connectivity index (χ4n) is 2.42. The molecule has 26 heavy (non-hydrogen) atoms. The zero-order valence-corrected chi connectivity index (χ0v) is 17.6. The molecule has 1 amide bonds. The molecule has 5 nitrogen and oxygen atoms in total. The van der Waals surface area contributed by atoms with Crippen LogP contribution in [-0.4, -0.2) is 31.5 Å². The lowest BCUT2D eigenvalue weighted by atomic mass is 10.1. The molecule has 3 N–H and O–H groups in total. The van der Waals surface area contributed by atoms with Crippen LogP contribution in [0.15, 0.2) is 65.7 Å². The van der Waals surface area contributed by atoms with E-state index in [0.717, 1.165) is 18.5 Å². The molecule has 0 aliphatic carbocycles. The van der Waals surface area contributed by atoms with E-state index in [4.69, 9.17) is 0 Å². The summed E-state index contributed by atoms with van der Waals surface area (Å²) in [5.41, 5.74) is 2.11. The van der Waals surface area contributed by atoms with Gasteiger partial charge in [0.1, 0.15) is 0 Å². The van der Waals surface area contributed by atoms with Gasteiger partial charge in [-0.2, -0.15) is 0 Å². The van der Waals surface area contributed by atoms with Gasteiger partial charge < -0.3 is 16.0 Å². The number of nitrogens with zero attached hydrogens (tertiary/aromatic N) is 1. The molecule has 0 bridgehead atoms. The zero-order valence-electron chi connectivity index (χ0n) is 15.2. The van der Waals surface area contributed by atoms with E-state index in [9.17, 15) is 4.79 Å². The first-order chi connectivity index (χ1) is 12.2. The van der Waals surface area contributed by atoms with Crippen molar-refractivity contribution in [1.29, 1.82) is 0 Å². The maximum Gasteiger partial charge on any atom is 0.243 e. The smallest absolute Gasteiger partial charge is 0.243 e. The van der Waals surface area contributed by atoms with Crippen LogP contribution in [-0.2, 0) is 11.2 Å². The molecule has 0 saturated carbocycles. The third kappa shape index (κ3) is 8.33. The molecule has 140 valence electrons. The molecule has 2 aromatic carbocycles. The van der Waals surface area contributed by atoms with Crippen molar-refractivity contribution in [2.45, 2.75) is 25.8 Å². The number of para-hydroxylation sites is 1. The molecule has 0 fully saturated rings. The van der Waals surface area contributed by atoms with Crippen molar-refractivity contribution < 1.29 is 4.79 Å². The number of halogens is 1. The van der Waals surface area contributed by atoms with Crippen LogP contribution < -0.4 is 16.0 Å². The molecule has 0 aliphatic rings. The van der Waals surface area contributed by atoms with Gasteiger partial charge in [0.05, 0.1) is 6.54 Å². The number of aliphatic imine (C=N–C) groups is 1. The topological polar surface area (TPSA) is 65.5 Å². The molecule has 0 radical (unpaired) electrons. The van der Waals surface area contributed by atoms with Gasteiger partial charge in [0.15, 0.2) is 5.96 Å². The van der Waals surface area contributed by atoms with Crippen LogP contribution in [0, 0.1) is 0 Å². The minimum absolute atomic E-state index is 0. The summed E-state index contributed by atoms with van der Waals surface area (Å²) in [6.07, 6.45) is 1.99. The van der Waals surface area contributed by atoms with Crippen molar-refractivity contribution in [2.75, 3.05) is 18.9 Å². The third-order valence-electron chi connectivity index (χ3n) is 3.79. The quantitative estimate of drug-likeness (QED) is 0.333. The molecule has 0 aliphatic heterocycles. The third-order valence-corrected chi connectivity index (χ3v) is 3.79. The monoisotopic (exact) mass is 466 g/mol. The Morgan fingerprint density at radius 1 is 1.04 bits per heavy atom. The van der Waals surface area contributed by atoms with E-state index in [1.165, 1.54) is 5.56 Å². The second kappa shape index (κ2) is 12.3. The van der Waals surface area contributed by atoms with Crippen LogP contribution in [0.4, 0.5) is 5.69 Å². The Morgan fingerprint density at radius 3 is 2.27 bits per heavy atom. The molecule has 0 aromatic heterocycles. The van der Waals surface area contributed by atoms with E-state index in [1.54, 1.807) is 7.05 Å². The molecule has 1 unspecified atom stereocenters. The molecule has 0 saturated heterocycles. The van der Waals surface area contributed by atoms with Gasteiger partial charge in [-0.1, -0.05) is 48.5 Å². The van der Waals surface area contributed by atoms with Gasteiger partial charge >= 0.3 is 0 Å². The van der Waals surface area contributed by atoms with Crippen molar-refractivity contribution in [3.8, 4) is 0 Å². The van der Waals surface area contributed by atoms with E-state index >= 15 is 0 Å². The maximum atomic E-state index is 12.0. The lowest BCUT2D eigenvalue weighted by Gasteiger charge is -2.18. The number of carbonyl (C=O) groups excluding carboxylic acids is 1. The predicted molar refractivity (Wildman–Crippen MR) is 119 cm³/mol. The highest BCUT2D eigenvalue weighted by Crippen LogP contribution is 2.05. The summed E-state index contributed by atoms with van der Waals surface area (Å²) in [5.74, 6) is 0.523. The minimum atomic E-state index is -0.105. The van der Waals surface area contributed by atoms with Gasteiger partial charge in [0, 0.05) is 18.8 Å². The van der Waals surface area contributed by atoms with Crippen LogP contribution in [0.1, 0.15) is 18.9 Å². The Kier molecular flexibility index (Phi) is 10.4. The number of aryl methyl sites for hydroxylation is 1. The summed E-state index contributed by atoms with van der Waals surface area (Å²) < 4.78 is 0. The molecule has 0 heterocycles. The number of amides is 1. The number of hydrogen-bond donors (Lipinski definition) is 3. The van der Waals surface area contributed by atoms with Gasteiger partial charge in [-0.3, -0.25) is 9.79 Å². The highest BCUT2D eigenvalue weighted by molar-refractivity contribution is 14.0. The lowest BCUT2D eigenvalue weighted by Crippen LogP contribution is -2.45. The SMILES string of the molecule is CN=C(NCC(=O)Nc1ccccc1)NC(C)CCc1ccccc1.I. The zero-order chi connectivity index (χ0) is 17.9. The average Bonchev–Trinajstić information content (AvgIpc) is 2.65. The number of benzene rings is 2. The Hall–Kier alpha value is -2.09. The number of carbonyl (C=O) groups is 1. The highest BCUT2D eigenvalue weighted by atomic mass is 127. The summed E-state index contributed by atoms with van der Waals surface area (Å²) in [6.45, 7) is 2.28. The van der Waals surface area contributed by atoms with Crippen LogP contribution in [0.3, 0.4) is 0 Å². The van der Waals surface area contributed by atoms with Gasteiger partial charge in [-0.25, -0.2) is 0 Å². The Bertz CT molecular complexity index is 677. The molecule has 2 rings (SSSR count). The van der Waals surface area contributed by atoms with Gasteiger partial charge in [0.25, 0.3) is 0 Å². The van der Waals surface area contributed by atoms with Crippen molar-refractivity contribution in [2.24, 2.45) is 4.99 Å². The summed E-state index contributed by atoms with van der Waals surface area (Å²) in [7, 11) is 1.70. The Labute approximate surface area is 172 Å². The average molecular weight is 466 g/mol. The summed E-state index contributed by atoms with van der Waals surface area (Å²) >= 11 is 0. The predicted octanol–water partition coefficient (Wildman–Crippen LogP) is 3.43. The lowest BCUT2D eigenvalue weighted by molar-refractivity contribution is -0.115. The van der Waals surface area contributed by atoms with E-state index in [2.05, 4.69) is 52.1 Å². The van der Waals surface area contributed by atoms with Crippen LogP contribution in [0.2, 0.25) is 0 Å². The highest BCUT2D eigenvalue weighted by Gasteiger charge is 2.08. The molecular formula is C20H27IN4O. The number of guanidine groups is 1. The van der Waals surface area contributed by atoms with E-state index in [-0.39, 0.29) is 42.5 Å². The van der Waals surface area contributed by atoms with Crippen LogP contribution in [0.5, 0.6) is 0 Å². The van der Waals surface area contributed by atoms with Crippen molar-refractivity contribution in [3.05, 3.63) is 66.2 Å². The van der Waals surface area contributed by atoms with Crippen LogP contribution in [0.25, 0.3) is 0 Å². The molecule has 6 heteroatoms. The second-order valence-electron chi connectivity index (χ2n) is 5.91. The molecule has 1 atom stereocenters. The standard InChI is InChI=1S/C20H26N4O.HI/c1-16(13-14-17-9-5-3-6-10-17)23-20(21-2)22-15-19(25)24-18-11-7-4-8-12-18;/h3-12,16H,13-15H2,1-2H3,(H,24,25)(H2,21,22,23);1H. The van der Waals surface area contributed by atoms with E-state index < -0.39 is 0 Å². The van der Waals surface area contributed by atoms with Gasteiger partial charge in [-0.15, -0.1) is 24.0 Å². The molecule has 0 spiro atoms. The Balaban J connectivity index is 0.00000338.